The SMILES string of the molecule is Cc1ncc(CN(C)C(=O)C=Cn2cnc(-c3cc(C(F)(F)F)cc(C(F)(F)F)c3)n2)cn1. The third-order valence-electron chi connectivity index (χ3n) is 4.35. The number of halogens is 6. The first-order chi connectivity index (χ1) is 15.3. The number of carbonyl (C=O) groups excluding carboxylic acids is 1. The summed E-state index contributed by atoms with van der Waals surface area (Å²) < 4.78 is 79.3. The minimum absolute atomic E-state index is 0.0218. The lowest BCUT2D eigenvalue weighted by atomic mass is 10.0. The predicted octanol–water partition coefficient (Wildman–Crippen LogP) is 4.21. The first-order valence-electron chi connectivity index (χ1n) is 9.25. The van der Waals surface area contributed by atoms with Crippen LogP contribution in [-0.4, -0.2) is 42.6 Å². The van der Waals surface area contributed by atoms with Gasteiger partial charge in [0.1, 0.15) is 12.2 Å². The second-order valence-corrected chi connectivity index (χ2v) is 6.99. The van der Waals surface area contributed by atoms with Crippen LogP contribution in [0.4, 0.5) is 26.3 Å². The molecule has 1 aromatic carbocycles. The van der Waals surface area contributed by atoms with E-state index in [1.54, 1.807) is 19.3 Å². The second kappa shape index (κ2) is 9.00. The largest absolute Gasteiger partial charge is 0.416 e. The van der Waals surface area contributed by atoms with Gasteiger partial charge in [-0.1, -0.05) is 0 Å². The van der Waals surface area contributed by atoms with Gasteiger partial charge in [-0.25, -0.2) is 19.6 Å². The fourth-order valence-electron chi connectivity index (χ4n) is 2.68. The third kappa shape index (κ3) is 6.14. The molecule has 0 aliphatic carbocycles. The van der Waals surface area contributed by atoms with Gasteiger partial charge >= 0.3 is 12.4 Å². The molecule has 0 aliphatic rings. The summed E-state index contributed by atoms with van der Waals surface area (Å²) in [5.74, 6) is -0.224. The normalized spacial score (nSPS) is 12.4. The summed E-state index contributed by atoms with van der Waals surface area (Å²) in [6, 6.07) is 1.08. The molecule has 1 amide bonds. The maximum absolute atomic E-state index is 13.0. The molecule has 174 valence electrons. The summed E-state index contributed by atoms with van der Waals surface area (Å²) in [6.07, 6.45) is -3.47. The predicted molar refractivity (Wildman–Crippen MR) is 104 cm³/mol. The molecule has 2 heterocycles. The second-order valence-electron chi connectivity index (χ2n) is 6.99. The van der Waals surface area contributed by atoms with E-state index in [4.69, 9.17) is 0 Å². The summed E-state index contributed by atoms with van der Waals surface area (Å²) in [7, 11) is 1.53. The molecule has 2 aromatic heterocycles. The fraction of sp³-hybridized carbons (Fsp3) is 0.250. The number of carbonyl (C=O) groups is 1. The Morgan fingerprint density at radius 2 is 1.58 bits per heavy atom. The van der Waals surface area contributed by atoms with Crippen LogP contribution >= 0.6 is 0 Å². The Balaban J connectivity index is 1.78. The average Bonchev–Trinajstić information content (AvgIpc) is 3.21. The highest BCUT2D eigenvalue weighted by molar-refractivity contribution is 5.89. The van der Waals surface area contributed by atoms with E-state index in [0.717, 1.165) is 17.1 Å². The van der Waals surface area contributed by atoms with Crippen molar-refractivity contribution in [3.05, 3.63) is 65.5 Å². The van der Waals surface area contributed by atoms with Crippen LogP contribution in [0.2, 0.25) is 0 Å². The molecule has 0 spiro atoms. The number of alkyl halides is 6. The van der Waals surface area contributed by atoms with Crippen LogP contribution in [0, 0.1) is 6.92 Å². The number of nitrogens with zero attached hydrogens (tertiary/aromatic N) is 6. The van der Waals surface area contributed by atoms with Crippen LogP contribution < -0.4 is 0 Å². The molecule has 0 bridgehead atoms. The zero-order valence-corrected chi connectivity index (χ0v) is 17.2. The molecule has 0 N–H and O–H groups in total. The number of aromatic nitrogens is 5. The zero-order chi connectivity index (χ0) is 24.4. The van der Waals surface area contributed by atoms with Crippen molar-refractivity contribution >= 4 is 12.1 Å². The molecule has 7 nitrogen and oxygen atoms in total. The molecule has 0 aliphatic heterocycles. The minimum Gasteiger partial charge on any atom is -0.338 e. The molecule has 3 aromatic rings. The Morgan fingerprint density at radius 3 is 2.12 bits per heavy atom. The lowest BCUT2D eigenvalue weighted by Gasteiger charge is -2.14. The van der Waals surface area contributed by atoms with Crippen LogP contribution in [0.1, 0.15) is 22.5 Å². The van der Waals surface area contributed by atoms with Gasteiger partial charge in [-0.05, 0) is 25.1 Å². The highest BCUT2D eigenvalue weighted by Gasteiger charge is 2.37. The molecule has 0 radical (unpaired) electrons. The molecular weight excluding hydrogens is 454 g/mol. The lowest BCUT2D eigenvalue weighted by molar-refractivity contribution is -0.143. The smallest absolute Gasteiger partial charge is 0.338 e. The van der Waals surface area contributed by atoms with Crippen molar-refractivity contribution in [3.8, 4) is 11.4 Å². The van der Waals surface area contributed by atoms with Gasteiger partial charge in [-0.2, -0.15) is 26.3 Å². The molecular formula is C20H16F6N6O. The van der Waals surface area contributed by atoms with E-state index in [2.05, 4.69) is 20.1 Å². The van der Waals surface area contributed by atoms with E-state index in [9.17, 15) is 31.1 Å². The summed E-state index contributed by atoms with van der Waals surface area (Å²) in [5, 5.41) is 3.85. The van der Waals surface area contributed by atoms with Crippen LogP contribution in [0.15, 0.2) is 43.0 Å². The molecule has 0 unspecified atom stereocenters. The number of aryl methyl sites for hydroxylation is 1. The number of hydrogen-bond donors (Lipinski definition) is 0. The van der Waals surface area contributed by atoms with Gasteiger partial charge in [0, 0.05) is 49.4 Å². The van der Waals surface area contributed by atoms with E-state index in [0.29, 0.717) is 23.5 Å². The minimum atomic E-state index is -4.99. The zero-order valence-electron chi connectivity index (χ0n) is 17.2. The molecule has 13 heteroatoms. The molecule has 33 heavy (non-hydrogen) atoms. The summed E-state index contributed by atoms with van der Waals surface area (Å²) >= 11 is 0. The number of hydrogen-bond acceptors (Lipinski definition) is 5. The lowest BCUT2D eigenvalue weighted by Crippen LogP contribution is -2.24. The first kappa shape index (κ1) is 23.9. The fourth-order valence-corrected chi connectivity index (χ4v) is 2.68. The van der Waals surface area contributed by atoms with Crippen molar-refractivity contribution in [1.29, 1.82) is 0 Å². The summed E-state index contributed by atoms with van der Waals surface area (Å²) in [6.45, 7) is 1.94. The average molecular weight is 470 g/mol. The standard InChI is InChI=1S/C20H16F6N6O/c1-12-27-8-13(9-28-12)10-31(2)17(33)3-4-32-11-29-18(30-32)14-5-15(19(21,22)23)7-16(6-14)20(24,25)26/h3-9,11H,10H2,1-2H3. The number of amides is 1. The highest BCUT2D eigenvalue weighted by Crippen LogP contribution is 2.38. The topological polar surface area (TPSA) is 76.8 Å². The highest BCUT2D eigenvalue weighted by atomic mass is 19.4. The monoisotopic (exact) mass is 470 g/mol. The number of likely N-dealkylation sites (N-methyl/N-ethyl adjacent to an activating group) is 1. The Kier molecular flexibility index (Phi) is 6.51. The van der Waals surface area contributed by atoms with Crippen molar-refractivity contribution < 1.29 is 31.1 Å². The molecule has 0 saturated heterocycles. The Hall–Kier alpha value is -3.77. The third-order valence-corrected chi connectivity index (χ3v) is 4.35. The van der Waals surface area contributed by atoms with Crippen molar-refractivity contribution in [2.45, 2.75) is 25.8 Å². The Morgan fingerprint density at radius 1 is 1.00 bits per heavy atom. The van der Waals surface area contributed by atoms with Gasteiger partial charge < -0.3 is 4.90 Å². The molecule has 3 rings (SSSR count). The quantitative estimate of drug-likeness (QED) is 0.413. The maximum Gasteiger partial charge on any atom is 0.416 e. The van der Waals surface area contributed by atoms with Crippen LogP contribution in [0.3, 0.4) is 0 Å². The summed E-state index contributed by atoms with van der Waals surface area (Å²) in [5.41, 5.74) is -2.72. The van der Waals surface area contributed by atoms with Gasteiger partial charge in [-0.15, -0.1) is 5.10 Å². The molecule has 0 fully saturated rings. The maximum atomic E-state index is 13.0. The van der Waals surface area contributed by atoms with Gasteiger partial charge in [0.2, 0.25) is 5.91 Å². The van der Waals surface area contributed by atoms with Crippen molar-refractivity contribution in [2.75, 3.05) is 7.05 Å². The molecule has 0 atom stereocenters. The number of benzene rings is 1. The van der Waals surface area contributed by atoms with Gasteiger partial charge in [0.05, 0.1) is 11.1 Å². The molecule has 0 saturated carbocycles. The van der Waals surface area contributed by atoms with E-state index >= 15 is 0 Å². The van der Waals surface area contributed by atoms with Crippen molar-refractivity contribution in [1.82, 2.24) is 29.6 Å². The van der Waals surface area contributed by atoms with E-state index in [1.165, 1.54) is 18.1 Å². The van der Waals surface area contributed by atoms with Crippen molar-refractivity contribution in [2.24, 2.45) is 0 Å². The van der Waals surface area contributed by atoms with Crippen LogP contribution in [-0.2, 0) is 23.7 Å². The van der Waals surface area contributed by atoms with E-state index in [1.807, 2.05) is 0 Å². The van der Waals surface area contributed by atoms with E-state index < -0.39 is 35.0 Å². The Labute approximate surface area is 183 Å². The number of rotatable bonds is 5. The van der Waals surface area contributed by atoms with Crippen LogP contribution in [0.25, 0.3) is 17.6 Å². The van der Waals surface area contributed by atoms with Crippen LogP contribution in [0.5, 0.6) is 0 Å². The Bertz CT molecular complexity index is 1130. The van der Waals surface area contributed by atoms with E-state index in [-0.39, 0.29) is 18.4 Å². The van der Waals surface area contributed by atoms with Gasteiger partial charge in [0.25, 0.3) is 0 Å². The first-order valence-corrected chi connectivity index (χ1v) is 9.25. The van der Waals surface area contributed by atoms with Gasteiger partial charge in [0.15, 0.2) is 5.82 Å². The van der Waals surface area contributed by atoms with Crippen molar-refractivity contribution in [3.63, 3.8) is 0 Å². The van der Waals surface area contributed by atoms with Gasteiger partial charge in [-0.3, -0.25) is 4.79 Å². The summed E-state index contributed by atoms with van der Waals surface area (Å²) in [4.78, 5) is 25.4.